The van der Waals surface area contributed by atoms with Crippen LogP contribution in [0.2, 0.25) is 0 Å². The van der Waals surface area contributed by atoms with Gasteiger partial charge in [0.2, 0.25) is 0 Å². The summed E-state index contributed by atoms with van der Waals surface area (Å²) in [5, 5.41) is 12.5. The van der Waals surface area contributed by atoms with Gasteiger partial charge in [-0.3, -0.25) is 4.79 Å². The predicted molar refractivity (Wildman–Crippen MR) is 103 cm³/mol. The number of benzene rings is 2. The second kappa shape index (κ2) is 8.11. The molecule has 0 aliphatic heterocycles. The Morgan fingerprint density at radius 1 is 1.00 bits per heavy atom. The van der Waals surface area contributed by atoms with Crippen molar-refractivity contribution in [1.29, 1.82) is 0 Å². The van der Waals surface area contributed by atoms with Crippen molar-refractivity contribution in [2.45, 2.75) is 6.42 Å². The molecule has 0 spiro atoms. The van der Waals surface area contributed by atoms with Crippen LogP contribution >= 0.6 is 7.92 Å². The SMILES string of the molecule is COC(=O)C1=C(P(c2ccccc2)c2ccccc2)CC(C(=O)O)C=C1. The number of hydrogen-bond acceptors (Lipinski definition) is 3. The lowest BCUT2D eigenvalue weighted by Gasteiger charge is -2.27. The molecular weight excluding hydrogens is 347 g/mol. The van der Waals surface area contributed by atoms with Crippen LogP contribution in [-0.4, -0.2) is 24.2 Å². The Kier molecular flexibility index (Phi) is 5.65. The average molecular weight is 366 g/mol. The number of allylic oxidation sites excluding steroid dienone is 1. The number of carbonyl (C=O) groups excluding carboxylic acids is 1. The van der Waals surface area contributed by atoms with Gasteiger partial charge in [-0.2, -0.15) is 0 Å². The number of rotatable bonds is 5. The molecule has 5 heteroatoms. The third kappa shape index (κ3) is 3.76. The van der Waals surface area contributed by atoms with Crippen LogP contribution in [0.15, 0.2) is 83.7 Å². The number of carbonyl (C=O) groups is 2. The van der Waals surface area contributed by atoms with Crippen molar-refractivity contribution < 1.29 is 19.4 Å². The van der Waals surface area contributed by atoms with E-state index in [1.54, 1.807) is 12.2 Å². The maximum absolute atomic E-state index is 12.4. The maximum Gasteiger partial charge on any atom is 0.338 e. The normalized spacial score (nSPS) is 16.6. The van der Waals surface area contributed by atoms with E-state index in [9.17, 15) is 14.7 Å². The second-order valence-corrected chi connectivity index (χ2v) is 8.11. The van der Waals surface area contributed by atoms with Crippen molar-refractivity contribution in [2.75, 3.05) is 7.11 Å². The van der Waals surface area contributed by atoms with E-state index in [1.807, 2.05) is 60.7 Å². The Morgan fingerprint density at radius 2 is 1.54 bits per heavy atom. The van der Waals surface area contributed by atoms with Crippen molar-refractivity contribution in [1.82, 2.24) is 0 Å². The van der Waals surface area contributed by atoms with E-state index in [4.69, 9.17) is 4.74 Å². The quantitative estimate of drug-likeness (QED) is 0.652. The predicted octanol–water partition coefficient (Wildman–Crippen LogP) is 3.21. The maximum atomic E-state index is 12.4. The van der Waals surface area contributed by atoms with E-state index in [1.165, 1.54) is 7.11 Å². The Hall–Kier alpha value is -2.71. The third-order valence-corrected chi connectivity index (χ3v) is 6.83. The number of aliphatic carboxylic acids is 1. The summed E-state index contributed by atoms with van der Waals surface area (Å²) in [6.45, 7) is 0. The van der Waals surface area contributed by atoms with Crippen molar-refractivity contribution in [3.63, 3.8) is 0 Å². The Bertz CT molecular complexity index is 817. The van der Waals surface area contributed by atoms with Crippen LogP contribution in [-0.2, 0) is 14.3 Å². The van der Waals surface area contributed by atoms with E-state index in [0.717, 1.165) is 15.9 Å². The van der Waals surface area contributed by atoms with Gasteiger partial charge in [0.25, 0.3) is 0 Å². The van der Waals surface area contributed by atoms with Crippen molar-refractivity contribution in [3.8, 4) is 0 Å². The molecule has 4 nitrogen and oxygen atoms in total. The van der Waals surface area contributed by atoms with Gasteiger partial charge in [0.05, 0.1) is 18.6 Å². The molecule has 3 rings (SSSR count). The number of methoxy groups -OCH3 is 1. The molecule has 2 aromatic rings. The lowest BCUT2D eigenvalue weighted by molar-refractivity contribution is -0.140. The number of carboxylic acid groups (broad SMARTS) is 1. The fourth-order valence-electron chi connectivity index (χ4n) is 2.99. The summed E-state index contributed by atoms with van der Waals surface area (Å²) in [5.74, 6) is -1.96. The van der Waals surface area contributed by atoms with Gasteiger partial charge in [-0.05, 0) is 30.3 Å². The molecule has 1 aliphatic carbocycles. The van der Waals surface area contributed by atoms with Crippen molar-refractivity contribution in [3.05, 3.63) is 83.7 Å². The highest BCUT2D eigenvalue weighted by Gasteiger charge is 2.31. The minimum Gasteiger partial charge on any atom is -0.481 e. The van der Waals surface area contributed by atoms with Gasteiger partial charge in [0.15, 0.2) is 0 Å². The highest BCUT2D eigenvalue weighted by atomic mass is 31.1. The summed E-state index contributed by atoms with van der Waals surface area (Å²) in [7, 11) is 0.311. The first-order valence-corrected chi connectivity index (χ1v) is 9.58. The molecule has 1 unspecified atom stereocenters. The Balaban J connectivity index is 2.19. The first kappa shape index (κ1) is 18.1. The first-order valence-electron chi connectivity index (χ1n) is 8.24. The molecule has 2 aromatic carbocycles. The summed E-state index contributed by atoms with van der Waals surface area (Å²) in [6, 6.07) is 19.8. The van der Waals surface area contributed by atoms with Gasteiger partial charge in [0, 0.05) is 0 Å². The number of carboxylic acids is 1. The van der Waals surface area contributed by atoms with Crippen molar-refractivity contribution in [2.24, 2.45) is 5.92 Å². The molecule has 0 radical (unpaired) electrons. The van der Waals surface area contributed by atoms with Gasteiger partial charge < -0.3 is 9.84 Å². The van der Waals surface area contributed by atoms with Crippen LogP contribution in [0.5, 0.6) is 0 Å². The molecule has 1 N–H and O–H groups in total. The molecule has 0 fully saturated rings. The molecule has 26 heavy (non-hydrogen) atoms. The molecule has 0 heterocycles. The van der Waals surface area contributed by atoms with Gasteiger partial charge in [-0.25, -0.2) is 4.79 Å². The van der Waals surface area contributed by atoms with Crippen LogP contribution in [0, 0.1) is 5.92 Å². The number of hydrogen-bond donors (Lipinski definition) is 1. The van der Waals surface area contributed by atoms with Crippen LogP contribution < -0.4 is 10.6 Å². The molecule has 0 amide bonds. The molecule has 0 saturated heterocycles. The van der Waals surface area contributed by atoms with E-state index in [0.29, 0.717) is 12.0 Å². The highest BCUT2D eigenvalue weighted by Crippen LogP contribution is 2.49. The Labute approximate surface area is 153 Å². The van der Waals surface area contributed by atoms with E-state index in [-0.39, 0.29) is 0 Å². The zero-order valence-electron chi connectivity index (χ0n) is 14.3. The van der Waals surface area contributed by atoms with E-state index < -0.39 is 25.8 Å². The summed E-state index contributed by atoms with van der Waals surface area (Å²) >= 11 is 0. The topological polar surface area (TPSA) is 63.6 Å². The minimum absolute atomic E-state index is 0.297. The smallest absolute Gasteiger partial charge is 0.338 e. The zero-order chi connectivity index (χ0) is 18.5. The van der Waals surface area contributed by atoms with Gasteiger partial charge in [-0.1, -0.05) is 72.8 Å². The molecule has 132 valence electrons. The van der Waals surface area contributed by atoms with Gasteiger partial charge >= 0.3 is 11.9 Å². The van der Waals surface area contributed by atoms with E-state index >= 15 is 0 Å². The summed E-state index contributed by atoms with van der Waals surface area (Å²) in [5.41, 5.74) is 0.462. The molecule has 0 saturated carbocycles. The monoisotopic (exact) mass is 366 g/mol. The third-order valence-electron chi connectivity index (χ3n) is 4.24. The van der Waals surface area contributed by atoms with E-state index in [2.05, 4.69) is 0 Å². The van der Waals surface area contributed by atoms with Crippen LogP contribution in [0.4, 0.5) is 0 Å². The molecular formula is C21H19O4P. The first-order chi connectivity index (χ1) is 12.6. The molecule has 0 aromatic heterocycles. The zero-order valence-corrected chi connectivity index (χ0v) is 15.2. The number of esters is 1. The summed E-state index contributed by atoms with van der Waals surface area (Å²) in [6.07, 6.45) is 3.47. The average Bonchev–Trinajstić information content (AvgIpc) is 2.69. The fraction of sp³-hybridized carbons (Fsp3) is 0.143. The summed E-state index contributed by atoms with van der Waals surface area (Å²) in [4.78, 5) is 23.9. The second-order valence-electron chi connectivity index (χ2n) is 5.87. The summed E-state index contributed by atoms with van der Waals surface area (Å²) < 4.78 is 4.95. The van der Waals surface area contributed by atoms with Gasteiger partial charge in [-0.15, -0.1) is 0 Å². The lowest BCUT2D eigenvalue weighted by Crippen LogP contribution is -2.22. The molecule has 1 atom stereocenters. The standard InChI is InChI=1S/C21H19O4P/c1-25-21(24)18-13-12-15(20(22)23)14-19(18)26(16-8-4-2-5-9-16)17-10-6-3-7-11-17/h2-13,15H,14H2,1H3,(H,22,23). The minimum atomic E-state index is -1.03. The molecule has 1 aliphatic rings. The van der Waals surface area contributed by atoms with Crippen LogP contribution in [0.25, 0.3) is 0 Å². The molecule has 0 bridgehead atoms. The lowest BCUT2D eigenvalue weighted by atomic mass is 9.96. The largest absolute Gasteiger partial charge is 0.481 e. The highest BCUT2D eigenvalue weighted by molar-refractivity contribution is 7.76. The van der Waals surface area contributed by atoms with Crippen LogP contribution in [0.1, 0.15) is 6.42 Å². The Morgan fingerprint density at radius 3 is 2.00 bits per heavy atom. The van der Waals surface area contributed by atoms with Gasteiger partial charge in [0.1, 0.15) is 0 Å². The fourth-order valence-corrected chi connectivity index (χ4v) is 5.63. The van der Waals surface area contributed by atoms with Crippen molar-refractivity contribution >= 4 is 30.5 Å². The number of ether oxygens (including phenoxy) is 1. The van der Waals surface area contributed by atoms with Crippen LogP contribution in [0.3, 0.4) is 0 Å².